The Kier molecular flexibility index (Phi) is 3.98. The number of thioether (sulfide) groups is 1. The average Bonchev–Trinajstić information content (AvgIpc) is 2.61. The minimum atomic E-state index is -1.21. The van der Waals surface area contributed by atoms with Gasteiger partial charge in [-0.2, -0.15) is 0 Å². The van der Waals surface area contributed by atoms with Gasteiger partial charge in [-0.3, -0.25) is 4.79 Å². The van der Waals surface area contributed by atoms with Gasteiger partial charge >= 0.3 is 5.97 Å². The normalized spacial score (nSPS) is 27.3. The number of hydrogen-bond acceptors (Lipinski definition) is 4. The molecule has 0 aromatic rings. The van der Waals surface area contributed by atoms with Crippen LogP contribution in [0.25, 0.3) is 0 Å². The highest BCUT2D eigenvalue weighted by Gasteiger charge is 2.38. The number of aliphatic hydroxyl groups is 1. The van der Waals surface area contributed by atoms with E-state index in [1.54, 1.807) is 6.92 Å². The van der Waals surface area contributed by atoms with Crippen molar-refractivity contribution in [3.05, 3.63) is 0 Å². The van der Waals surface area contributed by atoms with Crippen molar-refractivity contribution in [3.8, 4) is 0 Å². The highest BCUT2D eigenvalue weighted by atomic mass is 32.2. The number of nitrogens with one attached hydrogen (secondary N) is 1. The van der Waals surface area contributed by atoms with E-state index >= 15 is 0 Å². The number of aliphatic carboxylic acids is 1. The van der Waals surface area contributed by atoms with E-state index in [2.05, 4.69) is 5.32 Å². The van der Waals surface area contributed by atoms with Gasteiger partial charge < -0.3 is 15.5 Å². The summed E-state index contributed by atoms with van der Waals surface area (Å²) in [6.07, 6.45) is 1.71. The molecule has 0 aliphatic carbocycles. The molecule has 1 fully saturated rings. The van der Waals surface area contributed by atoms with Crippen LogP contribution in [-0.4, -0.2) is 45.2 Å². The Morgan fingerprint density at radius 1 is 1.60 bits per heavy atom. The van der Waals surface area contributed by atoms with Crippen LogP contribution in [0.1, 0.15) is 19.8 Å². The van der Waals surface area contributed by atoms with Gasteiger partial charge in [0.1, 0.15) is 6.04 Å². The van der Waals surface area contributed by atoms with Crippen LogP contribution < -0.4 is 5.32 Å². The van der Waals surface area contributed by atoms with Crippen molar-refractivity contribution in [2.45, 2.75) is 30.6 Å². The van der Waals surface area contributed by atoms with Gasteiger partial charge in [0.2, 0.25) is 5.91 Å². The number of amides is 1. The predicted octanol–water partition coefficient (Wildman–Crippen LogP) is -0.166. The van der Waals surface area contributed by atoms with E-state index < -0.39 is 23.4 Å². The number of hydrogen-bond donors (Lipinski definition) is 3. The van der Waals surface area contributed by atoms with Crippen LogP contribution in [0, 0.1) is 0 Å². The first-order valence-electron chi connectivity index (χ1n) is 4.78. The molecule has 3 N–H and O–H groups in total. The highest BCUT2D eigenvalue weighted by molar-refractivity contribution is 8.01. The minimum absolute atomic E-state index is 0.300. The van der Waals surface area contributed by atoms with Crippen LogP contribution in [0.15, 0.2) is 0 Å². The lowest BCUT2D eigenvalue weighted by Gasteiger charge is -2.23. The van der Waals surface area contributed by atoms with Crippen LogP contribution in [0.4, 0.5) is 0 Å². The van der Waals surface area contributed by atoms with Crippen LogP contribution in [0.2, 0.25) is 0 Å². The predicted molar refractivity (Wildman–Crippen MR) is 56.7 cm³/mol. The van der Waals surface area contributed by atoms with Gasteiger partial charge in [-0.05, 0) is 25.5 Å². The Balaban J connectivity index is 2.57. The Morgan fingerprint density at radius 3 is 2.67 bits per heavy atom. The van der Waals surface area contributed by atoms with E-state index in [0.29, 0.717) is 0 Å². The third kappa shape index (κ3) is 2.85. The van der Waals surface area contributed by atoms with Crippen LogP contribution in [0.3, 0.4) is 0 Å². The Bertz CT molecular complexity index is 263. The zero-order valence-electron chi connectivity index (χ0n) is 8.52. The van der Waals surface area contributed by atoms with Gasteiger partial charge in [-0.25, -0.2) is 4.79 Å². The van der Waals surface area contributed by atoms with E-state index in [1.165, 1.54) is 11.8 Å². The molecule has 0 aromatic carbocycles. The fourth-order valence-corrected chi connectivity index (χ4v) is 2.67. The number of carboxylic acids is 1. The molecule has 1 unspecified atom stereocenters. The van der Waals surface area contributed by atoms with Crippen LogP contribution >= 0.6 is 11.8 Å². The van der Waals surface area contributed by atoms with Gasteiger partial charge in [0, 0.05) is 0 Å². The van der Waals surface area contributed by atoms with Crippen LogP contribution in [-0.2, 0) is 9.59 Å². The van der Waals surface area contributed by atoms with Gasteiger partial charge in [0.25, 0.3) is 0 Å². The number of rotatable bonds is 4. The molecule has 1 amide bonds. The summed E-state index contributed by atoms with van der Waals surface area (Å²) in [5.41, 5.74) is 0. The fraction of sp³-hybridized carbons (Fsp3) is 0.778. The Labute approximate surface area is 92.2 Å². The molecule has 15 heavy (non-hydrogen) atoms. The average molecular weight is 233 g/mol. The minimum Gasteiger partial charge on any atom is -0.480 e. The topological polar surface area (TPSA) is 86.6 Å². The van der Waals surface area contributed by atoms with Crippen molar-refractivity contribution in [2.75, 3.05) is 12.4 Å². The third-order valence-corrected chi connectivity index (χ3v) is 4.00. The summed E-state index contributed by atoms with van der Waals surface area (Å²) in [5, 5.41) is 19.8. The van der Waals surface area contributed by atoms with Crippen LogP contribution in [0.5, 0.6) is 0 Å². The monoisotopic (exact) mass is 233 g/mol. The molecule has 2 atom stereocenters. The molecular formula is C9H15NO4S. The fourth-order valence-electron chi connectivity index (χ4n) is 1.45. The summed E-state index contributed by atoms with van der Waals surface area (Å²) in [5.74, 6) is -0.593. The van der Waals surface area contributed by atoms with Gasteiger partial charge in [-0.15, -0.1) is 11.8 Å². The lowest BCUT2D eigenvalue weighted by molar-refractivity contribution is -0.143. The molecule has 1 aliphatic rings. The molecule has 0 aromatic heterocycles. The standard InChI is InChI=1S/C9H15NO4S/c1-9(3-2-4-15-9)8(14)10-6(5-11)7(12)13/h6,11H,2-5H2,1H3,(H,10,14)(H,12,13)/t6-,9?/m0/s1. The molecule has 6 heteroatoms. The van der Waals surface area contributed by atoms with E-state index in [0.717, 1.165) is 18.6 Å². The first-order valence-corrected chi connectivity index (χ1v) is 5.77. The summed E-state index contributed by atoms with van der Waals surface area (Å²) in [6, 6.07) is -1.20. The first kappa shape index (κ1) is 12.3. The summed E-state index contributed by atoms with van der Waals surface area (Å²) < 4.78 is -0.539. The van der Waals surface area contributed by atoms with E-state index in [-0.39, 0.29) is 5.91 Å². The summed E-state index contributed by atoms with van der Waals surface area (Å²) in [7, 11) is 0. The second-order valence-electron chi connectivity index (χ2n) is 3.73. The SMILES string of the molecule is CC1(C(=O)N[C@@H](CO)C(=O)O)CCCS1. The lowest BCUT2D eigenvalue weighted by atomic mass is 10.0. The molecule has 0 spiro atoms. The van der Waals surface area contributed by atoms with Crippen molar-refractivity contribution >= 4 is 23.6 Å². The number of aliphatic hydroxyl groups excluding tert-OH is 1. The smallest absolute Gasteiger partial charge is 0.328 e. The maximum absolute atomic E-state index is 11.7. The second-order valence-corrected chi connectivity index (χ2v) is 5.33. The number of carboxylic acid groups (broad SMARTS) is 1. The van der Waals surface area contributed by atoms with Crippen molar-refractivity contribution in [3.63, 3.8) is 0 Å². The lowest BCUT2D eigenvalue weighted by Crippen LogP contribution is -2.50. The molecule has 5 nitrogen and oxygen atoms in total. The summed E-state index contributed by atoms with van der Waals surface area (Å²) in [6.45, 7) is 1.22. The maximum atomic E-state index is 11.7. The molecule has 1 aliphatic heterocycles. The third-order valence-electron chi connectivity index (χ3n) is 2.49. The van der Waals surface area contributed by atoms with Crippen molar-refractivity contribution in [1.82, 2.24) is 5.32 Å². The zero-order chi connectivity index (χ0) is 11.5. The number of carbonyl (C=O) groups excluding carboxylic acids is 1. The molecule has 0 saturated carbocycles. The molecule has 1 saturated heterocycles. The Morgan fingerprint density at radius 2 is 2.27 bits per heavy atom. The zero-order valence-corrected chi connectivity index (χ0v) is 9.34. The van der Waals surface area contributed by atoms with Gasteiger partial charge in [0.05, 0.1) is 11.4 Å². The second kappa shape index (κ2) is 4.85. The molecule has 1 heterocycles. The largest absolute Gasteiger partial charge is 0.480 e. The molecule has 1 rings (SSSR count). The molecule has 0 bridgehead atoms. The quantitative estimate of drug-likeness (QED) is 0.628. The van der Waals surface area contributed by atoms with Crippen molar-refractivity contribution in [1.29, 1.82) is 0 Å². The molecule has 86 valence electrons. The van der Waals surface area contributed by atoms with E-state index in [4.69, 9.17) is 10.2 Å². The van der Waals surface area contributed by atoms with E-state index in [1.807, 2.05) is 0 Å². The maximum Gasteiger partial charge on any atom is 0.328 e. The van der Waals surface area contributed by atoms with Gasteiger partial charge in [-0.1, -0.05) is 0 Å². The van der Waals surface area contributed by atoms with Gasteiger partial charge in [0.15, 0.2) is 0 Å². The Hall–Kier alpha value is -0.750. The van der Waals surface area contributed by atoms with Crippen molar-refractivity contribution < 1.29 is 19.8 Å². The summed E-state index contributed by atoms with van der Waals surface area (Å²) in [4.78, 5) is 22.3. The first-order chi connectivity index (χ1) is 6.99. The number of carbonyl (C=O) groups is 2. The van der Waals surface area contributed by atoms with Crippen molar-refractivity contribution in [2.24, 2.45) is 0 Å². The molecule has 0 radical (unpaired) electrons. The van der Waals surface area contributed by atoms with E-state index in [9.17, 15) is 9.59 Å². The highest BCUT2D eigenvalue weighted by Crippen LogP contribution is 2.37. The molecular weight excluding hydrogens is 218 g/mol. The summed E-state index contributed by atoms with van der Waals surface area (Å²) >= 11 is 1.53.